The molecule has 2 heterocycles. The Bertz CT molecular complexity index is 597. The number of aryl methyl sites for hydroxylation is 1. The lowest BCUT2D eigenvalue weighted by molar-refractivity contribution is 0.297. The zero-order chi connectivity index (χ0) is 13.9. The van der Waals surface area contributed by atoms with E-state index < -0.39 is 0 Å². The summed E-state index contributed by atoms with van der Waals surface area (Å²) in [4.78, 5) is 4.21. The normalized spacial score (nSPS) is 15.5. The second kappa shape index (κ2) is 5.40. The van der Waals surface area contributed by atoms with Crippen LogP contribution in [0.1, 0.15) is 31.1 Å². The Morgan fingerprint density at radius 1 is 1.20 bits per heavy atom. The van der Waals surface area contributed by atoms with E-state index in [1.54, 1.807) is 6.92 Å². The summed E-state index contributed by atoms with van der Waals surface area (Å²) in [6, 6.07) is 5.73. The molecule has 0 saturated carbocycles. The monoisotopic (exact) mass is 275 g/mol. The molecule has 2 aromatic rings. The first-order valence-corrected chi connectivity index (χ1v) is 6.69. The molecule has 0 radical (unpaired) electrons. The van der Waals surface area contributed by atoms with Gasteiger partial charge in [0, 0.05) is 18.2 Å². The van der Waals surface area contributed by atoms with E-state index in [1.807, 2.05) is 25.1 Å². The van der Waals surface area contributed by atoms with Crippen molar-refractivity contribution < 1.29 is 14.0 Å². The highest BCUT2D eigenvalue weighted by molar-refractivity contribution is 5.55. The van der Waals surface area contributed by atoms with Gasteiger partial charge in [0.15, 0.2) is 17.3 Å². The number of nitrogens with one attached hydrogen (secondary N) is 1. The Morgan fingerprint density at radius 2 is 2.00 bits per heavy atom. The van der Waals surface area contributed by atoms with Crippen molar-refractivity contribution in [2.24, 2.45) is 0 Å². The third kappa shape index (κ3) is 2.68. The lowest BCUT2D eigenvalue weighted by Gasteiger charge is -2.13. The number of nitrogens with zero attached hydrogens (tertiary/aromatic N) is 2. The third-order valence-electron chi connectivity index (χ3n) is 3.04. The Morgan fingerprint density at radius 3 is 2.75 bits per heavy atom. The first-order chi connectivity index (χ1) is 9.72. The number of fused-ring (bicyclic) bond motifs is 1. The van der Waals surface area contributed by atoms with E-state index in [0.717, 1.165) is 23.6 Å². The summed E-state index contributed by atoms with van der Waals surface area (Å²) in [5.41, 5.74) is 0.928. The van der Waals surface area contributed by atoms with Crippen molar-refractivity contribution in [2.45, 2.75) is 26.3 Å². The van der Waals surface area contributed by atoms with Crippen LogP contribution in [-0.4, -0.2) is 23.4 Å². The molecule has 1 aromatic heterocycles. The molecule has 20 heavy (non-hydrogen) atoms. The van der Waals surface area contributed by atoms with Crippen LogP contribution in [0.2, 0.25) is 0 Å². The minimum absolute atomic E-state index is 0.0686. The molecule has 106 valence electrons. The van der Waals surface area contributed by atoms with Gasteiger partial charge < -0.3 is 19.3 Å². The van der Waals surface area contributed by atoms with Crippen molar-refractivity contribution >= 4 is 5.69 Å². The van der Waals surface area contributed by atoms with Gasteiger partial charge in [-0.25, -0.2) is 0 Å². The molecule has 0 amide bonds. The fraction of sp³-hybridized carbons (Fsp3) is 0.429. The SMILES string of the molecule is Cc1noc([C@@H](C)Nc2ccc3c(c2)OCCCO3)n1. The lowest BCUT2D eigenvalue weighted by Crippen LogP contribution is -2.07. The van der Waals surface area contributed by atoms with Crippen LogP contribution in [0.25, 0.3) is 0 Å². The van der Waals surface area contributed by atoms with E-state index in [-0.39, 0.29) is 6.04 Å². The zero-order valence-electron chi connectivity index (χ0n) is 11.5. The average Bonchev–Trinajstić information content (AvgIpc) is 2.74. The number of anilines is 1. The number of hydrogen-bond donors (Lipinski definition) is 1. The number of aromatic nitrogens is 2. The lowest BCUT2D eigenvalue weighted by atomic mass is 10.2. The molecule has 3 rings (SSSR count). The second-order valence-electron chi connectivity index (χ2n) is 4.76. The highest BCUT2D eigenvalue weighted by Crippen LogP contribution is 2.33. The molecular weight excluding hydrogens is 258 g/mol. The second-order valence-corrected chi connectivity index (χ2v) is 4.76. The van der Waals surface area contributed by atoms with Crippen molar-refractivity contribution in [3.63, 3.8) is 0 Å². The van der Waals surface area contributed by atoms with Crippen molar-refractivity contribution in [3.8, 4) is 11.5 Å². The first kappa shape index (κ1) is 12.8. The summed E-state index contributed by atoms with van der Waals surface area (Å²) in [6.45, 7) is 5.13. The van der Waals surface area contributed by atoms with Gasteiger partial charge in [-0.05, 0) is 26.0 Å². The van der Waals surface area contributed by atoms with E-state index in [9.17, 15) is 0 Å². The van der Waals surface area contributed by atoms with Crippen LogP contribution >= 0.6 is 0 Å². The van der Waals surface area contributed by atoms with Gasteiger partial charge in [-0.3, -0.25) is 0 Å². The fourth-order valence-electron chi connectivity index (χ4n) is 2.05. The quantitative estimate of drug-likeness (QED) is 0.928. The Hall–Kier alpha value is -2.24. The van der Waals surface area contributed by atoms with Crippen molar-refractivity contribution in [1.82, 2.24) is 10.1 Å². The molecule has 0 bridgehead atoms. The van der Waals surface area contributed by atoms with Gasteiger partial charge in [0.1, 0.15) is 6.04 Å². The molecule has 0 saturated heterocycles. The molecule has 0 aliphatic carbocycles. The van der Waals surface area contributed by atoms with Gasteiger partial charge in [-0.2, -0.15) is 4.98 Å². The predicted molar refractivity (Wildman–Crippen MR) is 73.1 cm³/mol. The van der Waals surface area contributed by atoms with Crippen molar-refractivity contribution in [2.75, 3.05) is 18.5 Å². The Labute approximate surface area is 117 Å². The minimum Gasteiger partial charge on any atom is -0.490 e. The van der Waals surface area contributed by atoms with E-state index in [4.69, 9.17) is 14.0 Å². The summed E-state index contributed by atoms with van der Waals surface area (Å²) in [7, 11) is 0. The summed E-state index contributed by atoms with van der Waals surface area (Å²) < 4.78 is 16.4. The van der Waals surface area contributed by atoms with Gasteiger partial charge in [0.2, 0.25) is 5.89 Å². The van der Waals surface area contributed by atoms with Crippen LogP contribution in [-0.2, 0) is 0 Å². The van der Waals surface area contributed by atoms with Crippen LogP contribution in [0.5, 0.6) is 11.5 Å². The summed E-state index contributed by atoms with van der Waals surface area (Å²) in [6.07, 6.45) is 0.898. The fourth-order valence-corrected chi connectivity index (χ4v) is 2.05. The summed E-state index contributed by atoms with van der Waals surface area (Å²) in [5, 5.41) is 7.10. The molecule has 1 atom stereocenters. The van der Waals surface area contributed by atoms with Crippen LogP contribution in [0, 0.1) is 6.92 Å². The molecule has 1 aliphatic heterocycles. The maximum absolute atomic E-state index is 5.66. The molecule has 0 unspecified atom stereocenters. The number of hydrogen-bond acceptors (Lipinski definition) is 6. The van der Waals surface area contributed by atoms with Gasteiger partial charge in [0.25, 0.3) is 0 Å². The number of benzene rings is 1. The highest BCUT2D eigenvalue weighted by atomic mass is 16.5. The maximum Gasteiger partial charge on any atom is 0.248 e. The molecule has 0 spiro atoms. The summed E-state index contributed by atoms with van der Waals surface area (Å²) >= 11 is 0. The topological polar surface area (TPSA) is 69.4 Å². The van der Waals surface area contributed by atoms with E-state index in [0.29, 0.717) is 24.9 Å². The van der Waals surface area contributed by atoms with Crippen LogP contribution in [0.3, 0.4) is 0 Å². The number of rotatable bonds is 3. The van der Waals surface area contributed by atoms with Gasteiger partial charge in [-0.1, -0.05) is 5.16 Å². The molecule has 1 aliphatic rings. The van der Waals surface area contributed by atoms with Gasteiger partial charge >= 0.3 is 0 Å². The molecule has 1 N–H and O–H groups in total. The summed E-state index contributed by atoms with van der Waals surface area (Å²) in [5.74, 6) is 2.75. The average molecular weight is 275 g/mol. The minimum atomic E-state index is -0.0686. The maximum atomic E-state index is 5.66. The Kier molecular flexibility index (Phi) is 3.45. The van der Waals surface area contributed by atoms with E-state index in [1.165, 1.54) is 0 Å². The molecule has 0 fully saturated rings. The predicted octanol–water partition coefficient (Wildman–Crippen LogP) is 2.71. The highest BCUT2D eigenvalue weighted by Gasteiger charge is 2.15. The third-order valence-corrected chi connectivity index (χ3v) is 3.04. The van der Waals surface area contributed by atoms with Crippen molar-refractivity contribution in [1.29, 1.82) is 0 Å². The first-order valence-electron chi connectivity index (χ1n) is 6.69. The van der Waals surface area contributed by atoms with Crippen molar-refractivity contribution in [3.05, 3.63) is 29.9 Å². The Balaban J connectivity index is 1.76. The molecule has 6 nitrogen and oxygen atoms in total. The van der Waals surface area contributed by atoms with Gasteiger partial charge in [-0.15, -0.1) is 0 Å². The van der Waals surface area contributed by atoms with Crippen LogP contribution < -0.4 is 14.8 Å². The molecular formula is C14H17N3O3. The molecule has 6 heteroatoms. The largest absolute Gasteiger partial charge is 0.490 e. The standard InChI is InChI=1S/C14H17N3O3/c1-9(14-16-10(2)17-20-14)15-11-4-5-12-13(8-11)19-7-3-6-18-12/h4-5,8-9,15H,3,6-7H2,1-2H3/t9-/m1/s1. The molecule has 1 aromatic carbocycles. The number of ether oxygens (including phenoxy) is 2. The van der Waals surface area contributed by atoms with Gasteiger partial charge in [0.05, 0.1) is 13.2 Å². The van der Waals surface area contributed by atoms with E-state index >= 15 is 0 Å². The van der Waals surface area contributed by atoms with Crippen LogP contribution in [0.15, 0.2) is 22.7 Å². The zero-order valence-corrected chi connectivity index (χ0v) is 11.5. The van der Waals surface area contributed by atoms with Crippen LogP contribution in [0.4, 0.5) is 5.69 Å². The smallest absolute Gasteiger partial charge is 0.248 e. The van der Waals surface area contributed by atoms with E-state index in [2.05, 4.69) is 15.5 Å².